The minimum atomic E-state index is -0.399. The molecule has 116 valence electrons. The van der Waals surface area contributed by atoms with Crippen molar-refractivity contribution >= 4 is 5.91 Å². The van der Waals surface area contributed by atoms with Gasteiger partial charge in [0.1, 0.15) is 6.54 Å². The number of hydrogen-bond donors (Lipinski definition) is 0. The molecule has 1 aliphatic rings. The van der Waals surface area contributed by atoms with Gasteiger partial charge in [0.2, 0.25) is 5.91 Å². The van der Waals surface area contributed by atoms with E-state index in [9.17, 15) is 9.59 Å². The van der Waals surface area contributed by atoms with Crippen LogP contribution in [0.5, 0.6) is 0 Å². The summed E-state index contributed by atoms with van der Waals surface area (Å²) in [6, 6.07) is 9.05. The van der Waals surface area contributed by atoms with Crippen molar-refractivity contribution in [2.24, 2.45) is 5.92 Å². The molecule has 1 aliphatic heterocycles. The van der Waals surface area contributed by atoms with Crippen molar-refractivity contribution in [3.8, 4) is 5.69 Å². The number of carbonyl (C=O) groups excluding carboxylic acids is 1. The molecule has 2 heterocycles. The Kier molecular flexibility index (Phi) is 4.04. The van der Waals surface area contributed by atoms with Crippen LogP contribution in [0.2, 0.25) is 0 Å². The van der Waals surface area contributed by atoms with Gasteiger partial charge in [0.15, 0.2) is 0 Å². The van der Waals surface area contributed by atoms with Crippen molar-refractivity contribution in [2.45, 2.75) is 26.3 Å². The SMILES string of the molecule is CC1CCCN(C(=O)Cn2nnn(-c3ccccc3)c2=O)C1. The maximum Gasteiger partial charge on any atom is 0.368 e. The molecule has 3 rings (SSSR count). The van der Waals surface area contributed by atoms with Gasteiger partial charge in [0.05, 0.1) is 5.69 Å². The standard InChI is InChI=1S/C15H19N5O2/c1-12-6-5-9-18(10-12)14(21)11-19-15(22)20(17-16-19)13-7-3-2-4-8-13/h2-4,7-8,12H,5-6,9-11H2,1H3. The molecule has 1 aromatic carbocycles. The molecular weight excluding hydrogens is 282 g/mol. The number of hydrogen-bond acceptors (Lipinski definition) is 4. The Morgan fingerprint density at radius 1 is 1.27 bits per heavy atom. The normalized spacial score (nSPS) is 18.4. The van der Waals surface area contributed by atoms with Crippen molar-refractivity contribution in [1.29, 1.82) is 0 Å². The molecule has 0 bridgehead atoms. The molecule has 0 radical (unpaired) electrons. The zero-order valence-electron chi connectivity index (χ0n) is 12.6. The largest absolute Gasteiger partial charge is 0.368 e. The zero-order valence-corrected chi connectivity index (χ0v) is 12.6. The maximum atomic E-state index is 12.3. The highest BCUT2D eigenvalue weighted by molar-refractivity contribution is 5.75. The summed E-state index contributed by atoms with van der Waals surface area (Å²) in [6.07, 6.45) is 2.16. The quantitative estimate of drug-likeness (QED) is 0.836. The van der Waals surface area contributed by atoms with Gasteiger partial charge in [-0.3, -0.25) is 4.79 Å². The van der Waals surface area contributed by atoms with E-state index in [4.69, 9.17) is 0 Å². The fourth-order valence-electron chi connectivity index (χ4n) is 2.75. The van der Waals surface area contributed by atoms with E-state index in [1.54, 1.807) is 12.1 Å². The van der Waals surface area contributed by atoms with Crippen molar-refractivity contribution in [3.05, 3.63) is 40.8 Å². The monoisotopic (exact) mass is 301 g/mol. The molecule has 1 amide bonds. The van der Waals surface area contributed by atoms with Gasteiger partial charge in [-0.15, -0.1) is 0 Å². The van der Waals surface area contributed by atoms with Gasteiger partial charge in [-0.2, -0.15) is 9.36 Å². The Hall–Kier alpha value is -2.44. The molecule has 7 heteroatoms. The third-order valence-corrected chi connectivity index (χ3v) is 3.93. The summed E-state index contributed by atoms with van der Waals surface area (Å²) < 4.78 is 2.32. The number of carbonyl (C=O) groups is 1. The lowest BCUT2D eigenvalue weighted by molar-refractivity contribution is -0.133. The summed E-state index contributed by atoms with van der Waals surface area (Å²) in [5, 5.41) is 7.66. The summed E-state index contributed by atoms with van der Waals surface area (Å²) in [5.41, 5.74) is 0.238. The molecule has 1 atom stereocenters. The first-order valence-electron chi connectivity index (χ1n) is 7.51. The van der Waals surface area contributed by atoms with Crippen LogP contribution in [0.4, 0.5) is 0 Å². The van der Waals surface area contributed by atoms with Crippen LogP contribution in [0, 0.1) is 5.92 Å². The number of piperidine rings is 1. The van der Waals surface area contributed by atoms with Crippen LogP contribution >= 0.6 is 0 Å². The van der Waals surface area contributed by atoms with Crippen molar-refractivity contribution in [3.63, 3.8) is 0 Å². The highest BCUT2D eigenvalue weighted by Gasteiger charge is 2.22. The molecule has 0 saturated carbocycles. The van der Waals surface area contributed by atoms with Crippen LogP contribution < -0.4 is 5.69 Å². The molecule has 1 fully saturated rings. The topological polar surface area (TPSA) is 73.0 Å². The summed E-state index contributed by atoms with van der Waals surface area (Å²) in [7, 11) is 0. The average Bonchev–Trinajstić information content (AvgIpc) is 2.89. The van der Waals surface area contributed by atoms with Gasteiger partial charge >= 0.3 is 5.69 Å². The van der Waals surface area contributed by atoms with Crippen LogP contribution in [-0.2, 0) is 11.3 Å². The fraction of sp³-hybridized carbons (Fsp3) is 0.467. The Balaban J connectivity index is 1.75. The fourth-order valence-corrected chi connectivity index (χ4v) is 2.75. The van der Waals surface area contributed by atoms with E-state index in [1.165, 1.54) is 4.68 Å². The second-order valence-electron chi connectivity index (χ2n) is 5.75. The summed E-state index contributed by atoms with van der Waals surface area (Å²) in [4.78, 5) is 26.4. The first kappa shape index (κ1) is 14.5. The molecule has 0 aliphatic carbocycles. The molecule has 1 unspecified atom stereocenters. The molecule has 0 N–H and O–H groups in total. The van der Waals surface area contributed by atoms with Crippen LogP contribution in [0.1, 0.15) is 19.8 Å². The third-order valence-electron chi connectivity index (χ3n) is 3.93. The summed E-state index contributed by atoms with van der Waals surface area (Å²) in [6.45, 7) is 3.58. The zero-order chi connectivity index (χ0) is 15.5. The number of benzene rings is 1. The van der Waals surface area contributed by atoms with E-state index >= 15 is 0 Å². The molecule has 1 aromatic heterocycles. The smallest absolute Gasteiger partial charge is 0.341 e. The highest BCUT2D eigenvalue weighted by atomic mass is 16.2. The molecule has 7 nitrogen and oxygen atoms in total. The third kappa shape index (κ3) is 2.93. The number of aromatic nitrogens is 4. The van der Waals surface area contributed by atoms with Gasteiger partial charge in [0.25, 0.3) is 0 Å². The van der Waals surface area contributed by atoms with Crippen molar-refractivity contribution < 1.29 is 4.79 Å². The van der Waals surface area contributed by atoms with Crippen molar-refractivity contribution in [1.82, 2.24) is 24.7 Å². The van der Waals surface area contributed by atoms with E-state index in [2.05, 4.69) is 17.4 Å². The predicted octanol–water partition coefficient (Wildman–Crippen LogP) is 0.687. The molecular formula is C15H19N5O2. The number of para-hydroxylation sites is 1. The number of nitrogens with zero attached hydrogens (tertiary/aromatic N) is 5. The second-order valence-corrected chi connectivity index (χ2v) is 5.75. The number of likely N-dealkylation sites (tertiary alicyclic amines) is 1. The lowest BCUT2D eigenvalue weighted by Gasteiger charge is -2.30. The molecule has 22 heavy (non-hydrogen) atoms. The second kappa shape index (κ2) is 6.13. The van der Waals surface area contributed by atoms with E-state index in [-0.39, 0.29) is 12.5 Å². The molecule has 2 aromatic rings. The minimum absolute atomic E-state index is 0.0572. The first-order valence-corrected chi connectivity index (χ1v) is 7.51. The van der Waals surface area contributed by atoms with E-state index < -0.39 is 5.69 Å². The highest BCUT2D eigenvalue weighted by Crippen LogP contribution is 2.15. The average molecular weight is 301 g/mol. The first-order chi connectivity index (χ1) is 10.6. The van der Waals surface area contributed by atoms with Gasteiger partial charge in [-0.1, -0.05) is 25.1 Å². The van der Waals surface area contributed by atoms with E-state index in [1.807, 2.05) is 23.1 Å². The lowest BCUT2D eigenvalue weighted by Crippen LogP contribution is -2.42. The minimum Gasteiger partial charge on any atom is -0.341 e. The molecule has 0 spiro atoms. The molecule has 1 saturated heterocycles. The summed E-state index contributed by atoms with van der Waals surface area (Å²) >= 11 is 0. The Labute approximate surface area is 128 Å². The van der Waals surface area contributed by atoms with Gasteiger partial charge in [-0.25, -0.2) is 4.79 Å². The Morgan fingerprint density at radius 2 is 2.05 bits per heavy atom. The maximum absolute atomic E-state index is 12.3. The van der Waals surface area contributed by atoms with Crippen LogP contribution in [0.15, 0.2) is 35.1 Å². The van der Waals surface area contributed by atoms with Crippen LogP contribution in [0.3, 0.4) is 0 Å². The number of tetrazole rings is 1. The van der Waals surface area contributed by atoms with Crippen molar-refractivity contribution in [2.75, 3.05) is 13.1 Å². The Bertz CT molecular complexity index is 706. The lowest BCUT2D eigenvalue weighted by atomic mass is 10.0. The van der Waals surface area contributed by atoms with Crippen LogP contribution in [0.25, 0.3) is 5.69 Å². The van der Waals surface area contributed by atoms with Crippen LogP contribution in [-0.4, -0.2) is 43.7 Å². The van der Waals surface area contributed by atoms with Gasteiger partial charge in [-0.05, 0) is 41.3 Å². The van der Waals surface area contributed by atoms with Gasteiger partial charge in [0, 0.05) is 13.1 Å². The Morgan fingerprint density at radius 3 is 2.77 bits per heavy atom. The van der Waals surface area contributed by atoms with E-state index in [0.29, 0.717) is 11.6 Å². The van der Waals surface area contributed by atoms with Gasteiger partial charge < -0.3 is 4.90 Å². The van der Waals surface area contributed by atoms with E-state index in [0.717, 1.165) is 30.6 Å². The predicted molar refractivity (Wildman–Crippen MR) is 80.6 cm³/mol. The number of rotatable bonds is 3. The number of amides is 1. The summed E-state index contributed by atoms with van der Waals surface area (Å²) in [5.74, 6) is 0.434.